The van der Waals surface area contributed by atoms with Crippen LogP contribution in [-0.4, -0.2) is 18.1 Å². The first-order chi connectivity index (χ1) is 11.2. The van der Waals surface area contributed by atoms with Crippen LogP contribution in [0.25, 0.3) is 0 Å². The molecule has 0 radical (unpaired) electrons. The van der Waals surface area contributed by atoms with Crippen molar-refractivity contribution in [2.24, 2.45) is 0 Å². The van der Waals surface area contributed by atoms with E-state index in [-0.39, 0.29) is 11.8 Å². The lowest BCUT2D eigenvalue weighted by atomic mass is 9.79. The maximum absolute atomic E-state index is 14.0. The molecule has 0 aliphatic heterocycles. The van der Waals surface area contributed by atoms with Crippen LogP contribution in [-0.2, 0) is 17.6 Å². The number of aromatic nitrogens is 1. The smallest absolute Gasteiger partial charge is 0.338 e. The Balaban J connectivity index is 1.78. The van der Waals surface area contributed by atoms with Gasteiger partial charge in [-0.2, -0.15) is 0 Å². The summed E-state index contributed by atoms with van der Waals surface area (Å²) in [5.74, 6) is -0.0959. The number of fused-ring (bicyclic) bond motifs is 1. The van der Waals surface area contributed by atoms with Crippen LogP contribution in [0, 0.1) is 5.82 Å². The fourth-order valence-electron chi connectivity index (χ4n) is 3.47. The molecule has 0 N–H and O–H groups in total. The number of aryl methyl sites for hydroxylation is 1. The van der Waals surface area contributed by atoms with Crippen molar-refractivity contribution in [1.82, 2.24) is 4.98 Å². The van der Waals surface area contributed by atoms with Crippen molar-refractivity contribution >= 4 is 5.97 Å². The van der Waals surface area contributed by atoms with Crippen LogP contribution in [0.2, 0.25) is 0 Å². The van der Waals surface area contributed by atoms with Gasteiger partial charge >= 0.3 is 5.97 Å². The van der Waals surface area contributed by atoms with E-state index in [1.807, 2.05) is 6.07 Å². The number of methoxy groups -OCH3 is 1. The van der Waals surface area contributed by atoms with Gasteiger partial charge in [-0.3, -0.25) is 4.98 Å². The van der Waals surface area contributed by atoms with Gasteiger partial charge in [0.05, 0.1) is 12.7 Å². The van der Waals surface area contributed by atoms with Gasteiger partial charge in [0, 0.05) is 12.4 Å². The Bertz CT molecular complexity index is 714. The zero-order valence-corrected chi connectivity index (χ0v) is 13.2. The first kappa shape index (κ1) is 15.7. The molecule has 1 aromatic heterocycles. The normalized spacial score (nSPS) is 16.7. The Morgan fingerprint density at radius 3 is 3.09 bits per heavy atom. The van der Waals surface area contributed by atoms with E-state index in [0.717, 1.165) is 48.8 Å². The van der Waals surface area contributed by atoms with Gasteiger partial charge in [0.2, 0.25) is 0 Å². The van der Waals surface area contributed by atoms with E-state index in [1.165, 1.54) is 13.2 Å². The molecule has 0 amide bonds. The number of benzene rings is 1. The van der Waals surface area contributed by atoms with Gasteiger partial charge in [0.1, 0.15) is 5.82 Å². The molecule has 0 fully saturated rings. The van der Waals surface area contributed by atoms with Gasteiger partial charge in [0.25, 0.3) is 0 Å². The molecule has 1 heterocycles. The first-order valence-electron chi connectivity index (χ1n) is 7.99. The molecule has 1 aromatic carbocycles. The average Bonchev–Trinajstić information content (AvgIpc) is 2.60. The van der Waals surface area contributed by atoms with E-state index in [4.69, 9.17) is 4.74 Å². The van der Waals surface area contributed by atoms with Crippen molar-refractivity contribution in [2.45, 2.75) is 38.0 Å². The number of ether oxygens (including phenoxy) is 1. The van der Waals surface area contributed by atoms with E-state index >= 15 is 0 Å². The molecule has 3 nitrogen and oxygen atoms in total. The van der Waals surface area contributed by atoms with Crippen LogP contribution < -0.4 is 0 Å². The van der Waals surface area contributed by atoms with Crippen LogP contribution in [0.4, 0.5) is 4.39 Å². The van der Waals surface area contributed by atoms with E-state index in [0.29, 0.717) is 11.5 Å². The van der Waals surface area contributed by atoms with Crippen LogP contribution in [0.15, 0.2) is 36.7 Å². The van der Waals surface area contributed by atoms with Gasteiger partial charge in [0.15, 0.2) is 0 Å². The predicted molar refractivity (Wildman–Crippen MR) is 86.0 cm³/mol. The first-order valence-corrected chi connectivity index (χ1v) is 7.99. The van der Waals surface area contributed by atoms with Crippen molar-refractivity contribution < 1.29 is 13.9 Å². The number of nitrogens with zero attached hydrogens (tertiary/aromatic N) is 1. The third-order valence-corrected chi connectivity index (χ3v) is 4.65. The zero-order chi connectivity index (χ0) is 16.2. The topological polar surface area (TPSA) is 39.2 Å². The summed E-state index contributed by atoms with van der Waals surface area (Å²) in [6.07, 6.45) is 7.83. The number of hydrogen-bond acceptors (Lipinski definition) is 3. The molecule has 120 valence electrons. The summed E-state index contributed by atoms with van der Waals surface area (Å²) in [5.41, 5.74) is 3.45. The molecule has 1 atom stereocenters. The largest absolute Gasteiger partial charge is 0.465 e. The number of esters is 1. The van der Waals surface area contributed by atoms with Gasteiger partial charge in [-0.15, -0.1) is 0 Å². The molecule has 0 unspecified atom stereocenters. The van der Waals surface area contributed by atoms with Crippen LogP contribution in [0.1, 0.15) is 52.2 Å². The summed E-state index contributed by atoms with van der Waals surface area (Å²) in [6, 6.07) is 7.05. The highest BCUT2D eigenvalue weighted by atomic mass is 19.1. The van der Waals surface area contributed by atoms with E-state index in [1.54, 1.807) is 24.5 Å². The number of halogens is 1. The summed E-state index contributed by atoms with van der Waals surface area (Å²) < 4.78 is 18.8. The zero-order valence-electron chi connectivity index (χ0n) is 13.2. The Morgan fingerprint density at radius 2 is 2.26 bits per heavy atom. The molecule has 0 spiro atoms. The maximum atomic E-state index is 14.0. The van der Waals surface area contributed by atoms with Crippen molar-refractivity contribution in [3.05, 3.63) is 64.7 Å². The second-order valence-electron chi connectivity index (χ2n) is 5.96. The lowest BCUT2D eigenvalue weighted by molar-refractivity contribution is 0.0599. The monoisotopic (exact) mass is 313 g/mol. The second-order valence-corrected chi connectivity index (χ2v) is 5.96. The van der Waals surface area contributed by atoms with Crippen LogP contribution in [0.3, 0.4) is 0 Å². The van der Waals surface area contributed by atoms with Crippen molar-refractivity contribution in [1.29, 1.82) is 0 Å². The minimum Gasteiger partial charge on any atom is -0.465 e. The SMILES string of the molecule is COC(=O)c1ccncc1CC[C@@H]1CCCc2c(F)cccc21. The highest BCUT2D eigenvalue weighted by molar-refractivity contribution is 5.90. The average molecular weight is 313 g/mol. The molecule has 1 aliphatic carbocycles. The highest BCUT2D eigenvalue weighted by Gasteiger charge is 2.23. The second kappa shape index (κ2) is 6.90. The summed E-state index contributed by atoms with van der Waals surface area (Å²) in [5, 5.41) is 0. The minimum atomic E-state index is -0.336. The van der Waals surface area contributed by atoms with Crippen LogP contribution in [0.5, 0.6) is 0 Å². The Kier molecular flexibility index (Phi) is 4.70. The van der Waals surface area contributed by atoms with E-state index < -0.39 is 0 Å². The van der Waals surface area contributed by atoms with Crippen molar-refractivity contribution in [3.63, 3.8) is 0 Å². The fraction of sp³-hybridized carbons (Fsp3) is 0.368. The third-order valence-electron chi connectivity index (χ3n) is 4.65. The quantitative estimate of drug-likeness (QED) is 0.799. The summed E-state index contributed by atoms with van der Waals surface area (Å²) in [4.78, 5) is 15.9. The van der Waals surface area contributed by atoms with E-state index in [2.05, 4.69) is 4.98 Å². The third kappa shape index (κ3) is 3.26. The number of hydrogen-bond donors (Lipinski definition) is 0. The highest BCUT2D eigenvalue weighted by Crippen LogP contribution is 2.36. The molecule has 2 aromatic rings. The molecule has 0 bridgehead atoms. The maximum Gasteiger partial charge on any atom is 0.338 e. The number of pyridine rings is 1. The fourth-order valence-corrected chi connectivity index (χ4v) is 3.47. The number of rotatable bonds is 4. The van der Waals surface area contributed by atoms with Gasteiger partial charge in [-0.25, -0.2) is 9.18 Å². The number of carbonyl (C=O) groups is 1. The number of carbonyl (C=O) groups excluding carboxylic acids is 1. The Labute approximate surface area is 135 Å². The van der Waals surface area contributed by atoms with Gasteiger partial charge < -0.3 is 4.74 Å². The lowest BCUT2D eigenvalue weighted by Crippen LogP contribution is -2.13. The molecular formula is C19H20FNO2. The van der Waals surface area contributed by atoms with Gasteiger partial charge in [-0.1, -0.05) is 12.1 Å². The predicted octanol–water partition coefficient (Wildman–Crippen LogP) is 4.06. The van der Waals surface area contributed by atoms with Crippen molar-refractivity contribution in [2.75, 3.05) is 7.11 Å². The molecule has 3 rings (SSSR count). The molecule has 23 heavy (non-hydrogen) atoms. The van der Waals surface area contributed by atoms with Crippen molar-refractivity contribution in [3.8, 4) is 0 Å². The summed E-state index contributed by atoms with van der Waals surface area (Å²) in [7, 11) is 1.38. The standard InChI is InChI=1S/C19H20FNO2/c1-23-19(22)16-10-11-21-12-14(16)9-8-13-4-2-6-17-15(13)5-3-7-18(17)20/h3,5,7,10-13H,2,4,6,8-9H2,1H3/t13-/m0/s1. The molecular weight excluding hydrogens is 293 g/mol. The molecule has 1 aliphatic rings. The van der Waals surface area contributed by atoms with E-state index in [9.17, 15) is 9.18 Å². The molecule has 4 heteroatoms. The van der Waals surface area contributed by atoms with Gasteiger partial charge in [-0.05, 0) is 66.8 Å². The Hall–Kier alpha value is -2.23. The minimum absolute atomic E-state index is 0.0937. The summed E-state index contributed by atoms with van der Waals surface area (Å²) in [6.45, 7) is 0. The van der Waals surface area contributed by atoms with Crippen LogP contribution >= 0.6 is 0 Å². The summed E-state index contributed by atoms with van der Waals surface area (Å²) >= 11 is 0. The Morgan fingerprint density at radius 1 is 1.39 bits per heavy atom. The molecule has 0 saturated heterocycles. The lowest BCUT2D eigenvalue weighted by Gasteiger charge is -2.26. The molecule has 0 saturated carbocycles.